The van der Waals surface area contributed by atoms with E-state index in [1.807, 2.05) is 35.8 Å². The summed E-state index contributed by atoms with van der Waals surface area (Å²) in [6, 6.07) is 6.89. The smallest absolute Gasteiger partial charge is 0.240 e. The van der Waals surface area contributed by atoms with Crippen molar-refractivity contribution in [3.63, 3.8) is 0 Å². The van der Waals surface area contributed by atoms with Crippen molar-refractivity contribution in [2.45, 2.75) is 17.9 Å². The van der Waals surface area contributed by atoms with Gasteiger partial charge in [-0.15, -0.1) is 0 Å². The van der Waals surface area contributed by atoms with E-state index in [-0.39, 0.29) is 10.9 Å². The van der Waals surface area contributed by atoms with Gasteiger partial charge in [0.15, 0.2) is 0 Å². The minimum absolute atomic E-state index is 0.0134. The fourth-order valence-electron chi connectivity index (χ4n) is 2.21. The summed E-state index contributed by atoms with van der Waals surface area (Å²) in [7, 11) is 0.273. The monoisotopic (exact) mass is 358 g/mol. The lowest BCUT2D eigenvalue weighted by Gasteiger charge is -2.24. The number of thiophene rings is 1. The van der Waals surface area contributed by atoms with Crippen LogP contribution in [-0.4, -0.2) is 34.0 Å². The molecule has 7 heteroatoms. The first-order chi connectivity index (χ1) is 10.3. The van der Waals surface area contributed by atoms with Crippen LogP contribution in [0.25, 0.3) is 0 Å². The Balaban J connectivity index is 2.20. The van der Waals surface area contributed by atoms with Crippen LogP contribution >= 0.6 is 22.9 Å². The number of hydrogen-bond acceptors (Lipinski definition) is 4. The molecule has 1 N–H and O–H groups in total. The number of nitrogens with zero attached hydrogens (tertiary/aromatic N) is 1. The summed E-state index contributed by atoms with van der Waals surface area (Å²) >= 11 is 7.61. The molecule has 0 unspecified atom stereocenters. The molecule has 22 heavy (non-hydrogen) atoms. The fourth-order valence-corrected chi connectivity index (χ4v) is 4.45. The van der Waals surface area contributed by atoms with Gasteiger partial charge in [-0.05, 0) is 61.1 Å². The SMILES string of the molecule is Cc1c(Cl)cccc1S(=O)(=O)NC[C@@H](c1ccsc1)N(C)C. The second-order valence-electron chi connectivity index (χ2n) is 5.25. The molecule has 0 fully saturated rings. The Labute approximate surface area is 140 Å². The summed E-state index contributed by atoms with van der Waals surface area (Å²) in [5.74, 6) is 0. The van der Waals surface area contributed by atoms with Gasteiger partial charge < -0.3 is 4.90 Å². The van der Waals surface area contributed by atoms with E-state index in [4.69, 9.17) is 11.6 Å². The zero-order valence-corrected chi connectivity index (χ0v) is 15.1. The zero-order chi connectivity index (χ0) is 16.3. The molecule has 0 spiro atoms. The van der Waals surface area contributed by atoms with Crippen molar-refractivity contribution in [2.24, 2.45) is 0 Å². The predicted octanol–water partition coefficient (Wildman–Crippen LogP) is 3.29. The second kappa shape index (κ2) is 7.10. The van der Waals surface area contributed by atoms with Gasteiger partial charge in [-0.25, -0.2) is 13.1 Å². The van der Waals surface area contributed by atoms with Crippen LogP contribution in [0.5, 0.6) is 0 Å². The Morgan fingerprint density at radius 3 is 2.64 bits per heavy atom. The van der Waals surface area contributed by atoms with Crippen LogP contribution in [0, 0.1) is 6.92 Å². The Morgan fingerprint density at radius 2 is 2.05 bits per heavy atom. The maximum Gasteiger partial charge on any atom is 0.240 e. The molecule has 1 aromatic carbocycles. The topological polar surface area (TPSA) is 49.4 Å². The van der Waals surface area contributed by atoms with Crippen LogP contribution in [0.15, 0.2) is 39.9 Å². The van der Waals surface area contributed by atoms with Crippen LogP contribution in [-0.2, 0) is 10.0 Å². The number of hydrogen-bond donors (Lipinski definition) is 1. The molecule has 4 nitrogen and oxygen atoms in total. The van der Waals surface area contributed by atoms with E-state index < -0.39 is 10.0 Å². The van der Waals surface area contributed by atoms with E-state index in [1.165, 1.54) is 0 Å². The van der Waals surface area contributed by atoms with Crippen LogP contribution in [0.1, 0.15) is 17.2 Å². The molecule has 0 amide bonds. The largest absolute Gasteiger partial charge is 0.301 e. The van der Waals surface area contributed by atoms with Gasteiger partial charge in [-0.1, -0.05) is 17.7 Å². The van der Waals surface area contributed by atoms with Gasteiger partial charge in [0, 0.05) is 17.6 Å². The first-order valence-electron chi connectivity index (χ1n) is 6.76. The molecule has 2 aromatic rings. The van der Waals surface area contributed by atoms with Crippen LogP contribution in [0.3, 0.4) is 0 Å². The first-order valence-corrected chi connectivity index (χ1v) is 9.56. The molecule has 0 aliphatic rings. The molecule has 120 valence electrons. The van der Waals surface area contributed by atoms with Crippen molar-refractivity contribution in [2.75, 3.05) is 20.6 Å². The number of rotatable bonds is 6. The van der Waals surface area contributed by atoms with Crippen LogP contribution in [0.4, 0.5) is 0 Å². The number of benzene rings is 1. The summed E-state index contributed by atoms with van der Waals surface area (Å²) in [4.78, 5) is 2.22. The molecular formula is C15H19ClN2O2S2. The first kappa shape index (κ1) is 17.4. The quantitative estimate of drug-likeness (QED) is 0.862. The maximum absolute atomic E-state index is 12.5. The minimum atomic E-state index is -3.59. The van der Waals surface area contributed by atoms with Gasteiger partial charge in [0.05, 0.1) is 4.90 Å². The van der Waals surface area contributed by atoms with Crippen molar-refractivity contribution in [1.82, 2.24) is 9.62 Å². The fraction of sp³-hybridized carbons (Fsp3) is 0.333. The molecule has 1 atom stereocenters. The highest BCUT2D eigenvalue weighted by Gasteiger charge is 2.21. The van der Waals surface area contributed by atoms with Gasteiger partial charge in [0.2, 0.25) is 10.0 Å². The average molecular weight is 359 g/mol. The van der Waals surface area contributed by atoms with Crippen molar-refractivity contribution in [3.05, 3.63) is 51.2 Å². The van der Waals surface area contributed by atoms with Crippen LogP contribution in [0.2, 0.25) is 5.02 Å². The maximum atomic E-state index is 12.5. The van der Waals surface area contributed by atoms with Crippen molar-refractivity contribution in [1.29, 1.82) is 0 Å². The van der Waals surface area contributed by atoms with E-state index in [9.17, 15) is 8.42 Å². The third kappa shape index (κ3) is 3.88. The second-order valence-corrected chi connectivity index (χ2v) is 8.17. The Bertz CT molecular complexity index is 728. The molecular weight excluding hydrogens is 340 g/mol. The molecule has 0 bridgehead atoms. The normalized spacial score (nSPS) is 13.5. The lowest BCUT2D eigenvalue weighted by Crippen LogP contribution is -2.34. The van der Waals surface area contributed by atoms with Gasteiger partial charge in [-0.2, -0.15) is 11.3 Å². The highest BCUT2D eigenvalue weighted by molar-refractivity contribution is 7.89. The van der Waals surface area contributed by atoms with Crippen LogP contribution < -0.4 is 4.72 Å². The van der Waals surface area contributed by atoms with Gasteiger partial charge in [-0.3, -0.25) is 0 Å². The Morgan fingerprint density at radius 1 is 1.32 bits per heavy atom. The number of halogens is 1. The average Bonchev–Trinajstić information content (AvgIpc) is 2.95. The van der Waals surface area contributed by atoms with E-state index >= 15 is 0 Å². The Hall–Kier alpha value is -0.920. The number of nitrogens with one attached hydrogen (secondary N) is 1. The van der Waals surface area contributed by atoms with E-state index in [0.29, 0.717) is 17.1 Å². The summed E-state index contributed by atoms with van der Waals surface area (Å²) in [6.07, 6.45) is 0. The molecule has 0 saturated carbocycles. The number of sulfonamides is 1. The Kier molecular flexibility index (Phi) is 5.63. The van der Waals surface area contributed by atoms with Crippen molar-refractivity contribution >= 4 is 33.0 Å². The van der Waals surface area contributed by atoms with Crippen molar-refractivity contribution < 1.29 is 8.42 Å². The third-order valence-corrected chi connectivity index (χ3v) is 6.20. The molecule has 0 radical (unpaired) electrons. The molecule has 1 heterocycles. The van der Waals surface area contributed by atoms with E-state index in [2.05, 4.69) is 4.72 Å². The van der Waals surface area contributed by atoms with Gasteiger partial charge >= 0.3 is 0 Å². The minimum Gasteiger partial charge on any atom is -0.301 e. The van der Waals surface area contributed by atoms with Gasteiger partial charge in [0.1, 0.15) is 0 Å². The highest BCUT2D eigenvalue weighted by atomic mass is 35.5. The summed E-state index contributed by atoms with van der Waals surface area (Å²) < 4.78 is 27.7. The van der Waals surface area contributed by atoms with E-state index in [0.717, 1.165) is 5.56 Å². The standard InChI is InChI=1S/C15H19ClN2O2S2/c1-11-13(16)5-4-6-15(11)22(19,20)17-9-14(18(2)3)12-7-8-21-10-12/h4-8,10,14,17H,9H2,1-3H3/t14-/m0/s1. The van der Waals surface area contributed by atoms with Gasteiger partial charge in [0.25, 0.3) is 0 Å². The van der Waals surface area contributed by atoms with E-state index in [1.54, 1.807) is 36.5 Å². The highest BCUT2D eigenvalue weighted by Crippen LogP contribution is 2.24. The molecule has 0 aliphatic heterocycles. The lowest BCUT2D eigenvalue weighted by atomic mass is 10.1. The third-order valence-electron chi connectivity index (χ3n) is 3.53. The summed E-state index contributed by atoms with van der Waals surface area (Å²) in [5, 5.41) is 4.47. The zero-order valence-electron chi connectivity index (χ0n) is 12.7. The lowest BCUT2D eigenvalue weighted by molar-refractivity contribution is 0.300. The summed E-state index contributed by atoms with van der Waals surface area (Å²) in [6.45, 7) is 2.01. The number of likely N-dealkylation sites (N-methyl/N-ethyl adjacent to an activating group) is 1. The predicted molar refractivity (Wildman–Crippen MR) is 92.1 cm³/mol. The molecule has 2 rings (SSSR count). The molecule has 0 saturated heterocycles. The molecule has 1 aromatic heterocycles. The van der Waals surface area contributed by atoms with Crippen molar-refractivity contribution in [3.8, 4) is 0 Å². The molecule has 0 aliphatic carbocycles. The summed E-state index contributed by atoms with van der Waals surface area (Å²) in [5.41, 5.74) is 1.66.